The van der Waals surface area contributed by atoms with Crippen molar-refractivity contribution in [2.45, 2.75) is 45.1 Å². The summed E-state index contributed by atoms with van der Waals surface area (Å²) in [6, 6.07) is 3.80. The fraction of sp³-hybridized carbons (Fsp3) is 0.474. The summed E-state index contributed by atoms with van der Waals surface area (Å²) in [6.45, 7) is 1.82. The van der Waals surface area contributed by atoms with Crippen molar-refractivity contribution in [3.63, 3.8) is 0 Å². The van der Waals surface area contributed by atoms with Crippen LogP contribution in [0.1, 0.15) is 36.8 Å². The van der Waals surface area contributed by atoms with Gasteiger partial charge in [-0.3, -0.25) is 4.79 Å². The second-order valence-corrected chi connectivity index (χ2v) is 6.40. The second kappa shape index (κ2) is 7.17. The van der Waals surface area contributed by atoms with E-state index in [0.29, 0.717) is 22.6 Å². The Labute approximate surface area is 146 Å². The predicted octanol–water partition coefficient (Wildman–Crippen LogP) is 2.72. The minimum atomic E-state index is -0.516. The molecule has 0 radical (unpaired) electrons. The van der Waals surface area contributed by atoms with Gasteiger partial charge in [0.2, 0.25) is 11.7 Å². The standard InChI is InChI=1S/C19H23NO5/c1-11-13-8-9-15(23-2)18(24-3)17(13)25-19(22)14(11)10-16(21)20-12-6-4-5-7-12/h8-9,12H,4-7,10H2,1-3H3,(H,20,21). The molecule has 134 valence electrons. The second-order valence-electron chi connectivity index (χ2n) is 6.40. The molecule has 1 fully saturated rings. The highest BCUT2D eigenvalue weighted by atomic mass is 16.5. The number of rotatable bonds is 5. The fourth-order valence-electron chi connectivity index (χ4n) is 3.48. The molecule has 1 aliphatic rings. The quantitative estimate of drug-likeness (QED) is 0.843. The molecular formula is C19H23NO5. The lowest BCUT2D eigenvalue weighted by Crippen LogP contribution is -2.35. The monoisotopic (exact) mass is 345 g/mol. The summed E-state index contributed by atoms with van der Waals surface area (Å²) >= 11 is 0. The van der Waals surface area contributed by atoms with Crippen LogP contribution in [-0.2, 0) is 11.2 Å². The highest BCUT2D eigenvalue weighted by Crippen LogP contribution is 2.36. The SMILES string of the molecule is COc1ccc2c(C)c(CC(=O)NC3CCCC3)c(=O)oc2c1OC. The summed E-state index contributed by atoms with van der Waals surface area (Å²) in [7, 11) is 3.02. The number of benzene rings is 1. The number of amides is 1. The van der Waals surface area contributed by atoms with Crippen LogP contribution in [0.25, 0.3) is 11.0 Å². The van der Waals surface area contributed by atoms with Gasteiger partial charge in [-0.05, 0) is 37.5 Å². The number of carbonyl (C=O) groups is 1. The van der Waals surface area contributed by atoms with Gasteiger partial charge in [0.05, 0.1) is 26.2 Å². The van der Waals surface area contributed by atoms with Crippen LogP contribution in [0.2, 0.25) is 0 Å². The van der Waals surface area contributed by atoms with Gasteiger partial charge in [-0.25, -0.2) is 4.79 Å². The van der Waals surface area contributed by atoms with Crippen LogP contribution in [0.5, 0.6) is 11.5 Å². The molecule has 6 nitrogen and oxygen atoms in total. The van der Waals surface area contributed by atoms with Gasteiger partial charge in [-0.15, -0.1) is 0 Å². The van der Waals surface area contributed by atoms with Crippen LogP contribution >= 0.6 is 0 Å². The van der Waals surface area contributed by atoms with Crippen LogP contribution in [0.4, 0.5) is 0 Å². The van der Waals surface area contributed by atoms with E-state index in [-0.39, 0.29) is 18.4 Å². The number of methoxy groups -OCH3 is 2. The molecule has 0 aliphatic heterocycles. The van der Waals surface area contributed by atoms with Crippen molar-refractivity contribution in [2.24, 2.45) is 0 Å². The van der Waals surface area contributed by atoms with Gasteiger partial charge in [-0.2, -0.15) is 0 Å². The minimum Gasteiger partial charge on any atom is -0.493 e. The maximum absolute atomic E-state index is 12.5. The molecule has 1 aromatic carbocycles. The normalized spacial score (nSPS) is 14.7. The van der Waals surface area contributed by atoms with E-state index >= 15 is 0 Å². The summed E-state index contributed by atoms with van der Waals surface area (Å²) in [6.07, 6.45) is 4.32. The molecule has 0 spiro atoms. The van der Waals surface area contributed by atoms with Crippen LogP contribution in [0, 0.1) is 6.92 Å². The highest BCUT2D eigenvalue weighted by molar-refractivity contribution is 5.89. The van der Waals surface area contributed by atoms with Gasteiger partial charge in [-0.1, -0.05) is 12.8 Å². The number of carbonyl (C=O) groups excluding carboxylic acids is 1. The number of aryl methyl sites for hydroxylation is 1. The van der Waals surface area contributed by atoms with E-state index < -0.39 is 5.63 Å². The Morgan fingerprint density at radius 2 is 1.96 bits per heavy atom. The van der Waals surface area contributed by atoms with Crippen LogP contribution < -0.4 is 20.4 Å². The lowest BCUT2D eigenvalue weighted by molar-refractivity contribution is -0.121. The Kier molecular flexibility index (Phi) is 4.97. The third-order valence-electron chi connectivity index (χ3n) is 4.86. The van der Waals surface area contributed by atoms with E-state index in [0.717, 1.165) is 36.6 Å². The van der Waals surface area contributed by atoms with Gasteiger partial charge < -0.3 is 19.2 Å². The maximum atomic E-state index is 12.5. The summed E-state index contributed by atoms with van der Waals surface area (Å²) in [5.41, 5.74) is 0.936. The molecule has 0 saturated heterocycles. The van der Waals surface area contributed by atoms with Crippen LogP contribution in [0.15, 0.2) is 21.3 Å². The molecule has 25 heavy (non-hydrogen) atoms. The van der Waals surface area contributed by atoms with Crippen molar-refractivity contribution in [2.75, 3.05) is 14.2 Å². The van der Waals surface area contributed by atoms with E-state index in [2.05, 4.69) is 5.32 Å². The van der Waals surface area contributed by atoms with Gasteiger partial charge in [0, 0.05) is 11.4 Å². The molecule has 0 atom stereocenters. The summed E-state index contributed by atoms with van der Waals surface area (Å²) in [4.78, 5) is 24.7. The molecule has 0 unspecified atom stereocenters. The zero-order valence-corrected chi connectivity index (χ0v) is 14.8. The lowest BCUT2D eigenvalue weighted by atomic mass is 10.0. The molecule has 1 amide bonds. The molecule has 0 bridgehead atoms. The summed E-state index contributed by atoms with van der Waals surface area (Å²) < 4.78 is 16.0. The Morgan fingerprint density at radius 1 is 1.24 bits per heavy atom. The number of hydrogen-bond donors (Lipinski definition) is 1. The third-order valence-corrected chi connectivity index (χ3v) is 4.86. The first-order chi connectivity index (χ1) is 12.0. The van der Waals surface area contributed by atoms with E-state index in [4.69, 9.17) is 13.9 Å². The molecule has 1 N–H and O–H groups in total. The van der Waals surface area contributed by atoms with E-state index in [9.17, 15) is 9.59 Å². The number of hydrogen-bond acceptors (Lipinski definition) is 5. The molecule has 2 aromatic rings. The number of nitrogens with one attached hydrogen (secondary N) is 1. The molecule has 1 heterocycles. The van der Waals surface area contributed by atoms with E-state index in [1.807, 2.05) is 13.0 Å². The Hall–Kier alpha value is -2.50. The zero-order valence-electron chi connectivity index (χ0n) is 14.8. The van der Waals surface area contributed by atoms with Gasteiger partial charge in [0.15, 0.2) is 11.3 Å². The fourth-order valence-corrected chi connectivity index (χ4v) is 3.48. The molecule has 1 saturated carbocycles. The Balaban J connectivity index is 1.96. The van der Waals surface area contributed by atoms with Crippen molar-refractivity contribution in [3.8, 4) is 11.5 Å². The average Bonchev–Trinajstić information content (AvgIpc) is 3.10. The molecule has 3 rings (SSSR count). The zero-order chi connectivity index (χ0) is 18.0. The minimum absolute atomic E-state index is 0.0228. The maximum Gasteiger partial charge on any atom is 0.340 e. The van der Waals surface area contributed by atoms with Crippen LogP contribution in [-0.4, -0.2) is 26.2 Å². The van der Waals surface area contributed by atoms with Gasteiger partial charge >= 0.3 is 5.63 Å². The predicted molar refractivity (Wildman–Crippen MR) is 94.4 cm³/mol. The Morgan fingerprint density at radius 3 is 2.60 bits per heavy atom. The summed E-state index contributed by atoms with van der Waals surface area (Å²) in [5, 5.41) is 3.74. The number of fused-ring (bicyclic) bond motifs is 1. The topological polar surface area (TPSA) is 77.8 Å². The molecule has 6 heteroatoms. The smallest absolute Gasteiger partial charge is 0.340 e. The third kappa shape index (κ3) is 3.34. The Bertz CT molecular complexity index is 849. The van der Waals surface area contributed by atoms with Crippen molar-refractivity contribution in [3.05, 3.63) is 33.7 Å². The van der Waals surface area contributed by atoms with E-state index in [1.165, 1.54) is 14.2 Å². The van der Waals surface area contributed by atoms with Crippen molar-refractivity contribution in [1.29, 1.82) is 0 Å². The lowest BCUT2D eigenvalue weighted by Gasteiger charge is -2.14. The first-order valence-electron chi connectivity index (χ1n) is 8.51. The molecule has 1 aliphatic carbocycles. The highest BCUT2D eigenvalue weighted by Gasteiger charge is 2.21. The first kappa shape index (κ1) is 17.3. The first-order valence-corrected chi connectivity index (χ1v) is 8.51. The molecular weight excluding hydrogens is 322 g/mol. The van der Waals surface area contributed by atoms with Crippen molar-refractivity contribution < 1.29 is 18.7 Å². The van der Waals surface area contributed by atoms with Crippen molar-refractivity contribution >= 4 is 16.9 Å². The van der Waals surface area contributed by atoms with Crippen molar-refractivity contribution in [1.82, 2.24) is 5.32 Å². The largest absolute Gasteiger partial charge is 0.493 e. The number of ether oxygens (including phenoxy) is 2. The van der Waals surface area contributed by atoms with Crippen LogP contribution in [0.3, 0.4) is 0 Å². The average molecular weight is 345 g/mol. The molecule has 1 aromatic heterocycles. The van der Waals surface area contributed by atoms with Gasteiger partial charge in [0.1, 0.15) is 0 Å². The van der Waals surface area contributed by atoms with E-state index in [1.54, 1.807) is 6.07 Å². The van der Waals surface area contributed by atoms with Gasteiger partial charge in [0.25, 0.3) is 0 Å². The summed E-state index contributed by atoms with van der Waals surface area (Å²) in [5.74, 6) is 0.730.